The molecule has 0 aromatic heterocycles. The lowest BCUT2D eigenvalue weighted by Gasteiger charge is -2.13. The molecule has 106 valence electrons. The zero-order valence-corrected chi connectivity index (χ0v) is 11.1. The molecule has 0 radical (unpaired) electrons. The Hall–Kier alpha value is -2.30. The Morgan fingerprint density at radius 1 is 1.25 bits per heavy atom. The van der Waals surface area contributed by atoms with Crippen molar-refractivity contribution >= 4 is 17.6 Å². The molecule has 1 aliphatic carbocycles. The van der Waals surface area contributed by atoms with Crippen LogP contribution < -0.4 is 5.32 Å². The third-order valence-electron chi connectivity index (χ3n) is 3.29. The lowest BCUT2D eigenvalue weighted by atomic mass is 9.97. The Bertz CT molecular complexity index is 563. The van der Waals surface area contributed by atoms with E-state index in [2.05, 4.69) is 11.4 Å². The number of carboxylic acids is 1. The van der Waals surface area contributed by atoms with Crippen molar-refractivity contribution in [2.45, 2.75) is 32.1 Å². The molecule has 20 heavy (non-hydrogen) atoms. The van der Waals surface area contributed by atoms with Crippen LogP contribution in [-0.4, -0.2) is 22.1 Å². The molecule has 1 amide bonds. The number of hydrogen-bond acceptors (Lipinski definition) is 3. The maximum absolute atomic E-state index is 11.9. The van der Waals surface area contributed by atoms with Gasteiger partial charge in [-0.15, -0.1) is 0 Å². The van der Waals surface area contributed by atoms with Gasteiger partial charge in [0.1, 0.15) is 5.75 Å². The lowest BCUT2D eigenvalue weighted by Crippen LogP contribution is -2.13. The van der Waals surface area contributed by atoms with E-state index in [1.165, 1.54) is 18.2 Å². The minimum absolute atomic E-state index is 0.0231. The highest BCUT2D eigenvalue weighted by molar-refractivity contribution is 5.96. The smallest absolute Gasteiger partial charge is 0.335 e. The van der Waals surface area contributed by atoms with E-state index in [-0.39, 0.29) is 29.3 Å². The van der Waals surface area contributed by atoms with Crippen molar-refractivity contribution in [3.05, 3.63) is 35.4 Å². The van der Waals surface area contributed by atoms with Crippen LogP contribution in [0.1, 0.15) is 42.5 Å². The molecule has 1 aromatic carbocycles. The molecule has 3 N–H and O–H groups in total. The summed E-state index contributed by atoms with van der Waals surface area (Å²) in [5.74, 6) is -1.48. The molecular formula is C15H17NO4. The number of amides is 1. The third-order valence-corrected chi connectivity index (χ3v) is 3.29. The first-order chi connectivity index (χ1) is 9.56. The van der Waals surface area contributed by atoms with E-state index in [9.17, 15) is 14.7 Å². The van der Waals surface area contributed by atoms with Crippen LogP contribution in [0.2, 0.25) is 0 Å². The van der Waals surface area contributed by atoms with Crippen LogP contribution in [0.25, 0.3) is 0 Å². The van der Waals surface area contributed by atoms with Gasteiger partial charge in [0.2, 0.25) is 5.91 Å². The van der Waals surface area contributed by atoms with Gasteiger partial charge in [0.15, 0.2) is 0 Å². The molecule has 0 aliphatic heterocycles. The highest BCUT2D eigenvalue weighted by atomic mass is 16.4. The first-order valence-corrected chi connectivity index (χ1v) is 6.60. The summed E-state index contributed by atoms with van der Waals surface area (Å²) in [4.78, 5) is 22.8. The molecular weight excluding hydrogens is 258 g/mol. The monoisotopic (exact) mass is 275 g/mol. The maximum Gasteiger partial charge on any atom is 0.335 e. The largest absolute Gasteiger partial charge is 0.506 e. The van der Waals surface area contributed by atoms with E-state index >= 15 is 0 Å². The Balaban J connectivity index is 2.05. The number of carbonyl (C=O) groups excluding carboxylic acids is 1. The fraction of sp³-hybridized carbons (Fsp3) is 0.333. The Morgan fingerprint density at radius 2 is 2.05 bits per heavy atom. The van der Waals surface area contributed by atoms with Gasteiger partial charge in [0.25, 0.3) is 0 Å². The predicted molar refractivity (Wildman–Crippen MR) is 74.9 cm³/mol. The topological polar surface area (TPSA) is 86.6 Å². The molecule has 5 heteroatoms. The van der Waals surface area contributed by atoms with E-state index in [1.807, 2.05) is 0 Å². The van der Waals surface area contributed by atoms with Crippen LogP contribution in [0, 0.1) is 0 Å². The first kappa shape index (κ1) is 14.1. The van der Waals surface area contributed by atoms with Crippen LogP contribution in [0.15, 0.2) is 29.8 Å². The summed E-state index contributed by atoms with van der Waals surface area (Å²) >= 11 is 0. The van der Waals surface area contributed by atoms with Crippen LogP contribution in [0.5, 0.6) is 5.75 Å². The molecule has 0 heterocycles. The number of carbonyl (C=O) groups is 2. The molecule has 1 aromatic rings. The molecule has 1 aliphatic rings. The number of phenolic OH excluding ortho intramolecular Hbond substituents is 1. The van der Waals surface area contributed by atoms with Crippen LogP contribution in [0.4, 0.5) is 5.69 Å². The summed E-state index contributed by atoms with van der Waals surface area (Å²) in [5.41, 5.74) is 1.25. The van der Waals surface area contributed by atoms with Gasteiger partial charge in [-0.25, -0.2) is 4.79 Å². The second kappa shape index (κ2) is 6.23. The van der Waals surface area contributed by atoms with Gasteiger partial charge >= 0.3 is 5.97 Å². The molecule has 0 atom stereocenters. The molecule has 0 fully saturated rings. The van der Waals surface area contributed by atoms with Gasteiger partial charge in [-0.2, -0.15) is 0 Å². The van der Waals surface area contributed by atoms with Gasteiger partial charge < -0.3 is 15.5 Å². The van der Waals surface area contributed by atoms with Gasteiger partial charge in [0, 0.05) is 6.42 Å². The highest BCUT2D eigenvalue weighted by Gasteiger charge is 2.13. The summed E-state index contributed by atoms with van der Waals surface area (Å²) in [5, 5.41) is 21.1. The summed E-state index contributed by atoms with van der Waals surface area (Å²) in [6.07, 6.45) is 6.55. The fourth-order valence-electron chi connectivity index (χ4n) is 2.24. The maximum atomic E-state index is 11.9. The number of rotatable bonds is 4. The van der Waals surface area contributed by atoms with E-state index in [1.54, 1.807) is 0 Å². The fourth-order valence-corrected chi connectivity index (χ4v) is 2.24. The molecule has 2 rings (SSSR count). The van der Waals surface area contributed by atoms with E-state index in [0.717, 1.165) is 31.3 Å². The standard InChI is InChI=1S/C15H17NO4/c17-13-7-6-11(15(19)20)9-12(13)16-14(18)8-10-4-2-1-3-5-10/h4,6-7,9,17H,1-3,5,8H2,(H,16,18)(H,19,20). The molecule has 0 saturated carbocycles. The summed E-state index contributed by atoms with van der Waals surface area (Å²) < 4.78 is 0. The average Bonchev–Trinajstić information content (AvgIpc) is 2.42. The van der Waals surface area contributed by atoms with Crippen molar-refractivity contribution in [3.8, 4) is 5.75 Å². The number of benzene rings is 1. The number of aromatic hydroxyl groups is 1. The Kier molecular flexibility index (Phi) is 4.40. The summed E-state index contributed by atoms with van der Waals surface area (Å²) in [6.45, 7) is 0. The van der Waals surface area contributed by atoms with E-state index in [4.69, 9.17) is 5.11 Å². The van der Waals surface area contributed by atoms with Gasteiger partial charge in [-0.1, -0.05) is 11.6 Å². The predicted octanol–water partition coefficient (Wildman–Crippen LogP) is 2.92. The van der Waals surface area contributed by atoms with Crippen molar-refractivity contribution < 1.29 is 19.8 Å². The van der Waals surface area contributed by atoms with Gasteiger partial charge in [-0.05, 0) is 43.9 Å². The third kappa shape index (κ3) is 3.60. The number of nitrogens with one attached hydrogen (secondary N) is 1. The number of carboxylic acid groups (broad SMARTS) is 1. The minimum Gasteiger partial charge on any atom is -0.506 e. The van der Waals surface area contributed by atoms with Crippen LogP contribution in [-0.2, 0) is 4.79 Å². The first-order valence-electron chi connectivity index (χ1n) is 6.60. The van der Waals surface area contributed by atoms with E-state index < -0.39 is 5.97 Å². The number of aromatic carboxylic acids is 1. The van der Waals surface area contributed by atoms with Gasteiger partial charge in [-0.3, -0.25) is 4.79 Å². The van der Waals surface area contributed by atoms with Crippen LogP contribution >= 0.6 is 0 Å². The Morgan fingerprint density at radius 3 is 2.70 bits per heavy atom. The van der Waals surface area contributed by atoms with Crippen molar-refractivity contribution in [2.24, 2.45) is 0 Å². The summed E-state index contributed by atoms with van der Waals surface area (Å²) in [6, 6.07) is 3.81. The van der Waals surface area contributed by atoms with Crippen molar-refractivity contribution in [3.63, 3.8) is 0 Å². The lowest BCUT2D eigenvalue weighted by molar-refractivity contribution is -0.115. The zero-order valence-electron chi connectivity index (χ0n) is 11.1. The molecule has 0 unspecified atom stereocenters. The number of allylic oxidation sites excluding steroid dienone is 1. The molecule has 0 saturated heterocycles. The quantitative estimate of drug-likeness (QED) is 0.582. The highest BCUT2D eigenvalue weighted by Crippen LogP contribution is 2.26. The zero-order chi connectivity index (χ0) is 14.5. The van der Waals surface area contributed by atoms with Crippen molar-refractivity contribution in [1.82, 2.24) is 0 Å². The number of phenols is 1. The second-order valence-corrected chi connectivity index (χ2v) is 4.87. The van der Waals surface area contributed by atoms with Crippen molar-refractivity contribution in [1.29, 1.82) is 0 Å². The summed E-state index contributed by atoms with van der Waals surface area (Å²) in [7, 11) is 0. The molecule has 0 spiro atoms. The van der Waals surface area contributed by atoms with Gasteiger partial charge in [0.05, 0.1) is 11.3 Å². The SMILES string of the molecule is O=C(CC1=CCCCC1)Nc1cc(C(=O)O)ccc1O. The van der Waals surface area contributed by atoms with E-state index in [0.29, 0.717) is 0 Å². The normalized spacial score (nSPS) is 14.5. The second-order valence-electron chi connectivity index (χ2n) is 4.87. The minimum atomic E-state index is -1.10. The Labute approximate surface area is 116 Å². The average molecular weight is 275 g/mol. The molecule has 5 nitrogen and oxygen atoms in total. The number of anilines is 1. The van der Waals surface area contributed by atoms with Crippen molar-refractivity contribution in [2.75, 3.05) is 5.32 Å². The molecule has 0 bridgehead atoms. The van der Waals surface area contributed by atoms with Crippen LogP contribution in [0.3, 0.4) is 0 Å². The number of hydrogen-bond donors (Lipinski definition) is 3.